The largest absolute Gasteiger partial charge is 0.374 e. The van der Waals surface area contributed by atoms with E-state index in [0.29, 0.717) is 12.2 Å². The Balaban J connectivity index is 2.66. The van der Waals surface area contributed by atoms with Crippen LogP contribution in [0.3, 0.4) is 0 Å². The number of aryl methyl sites for hydroxylation is 1. The van der Waals surface area contributed by atoms with Crippen molar-refractivity contribution in [2.24, 2.45) is 0 Å². The molecule has 1 aromatic rings. The summed E-state index contributed by atoms with van der Waals surface area (Å²) < 4.78 is 13.0. The van der Waals surface area contributed by atoms with E-state index in [-0.39, 0.29) is 11.7 Å². The molecule has 0 fully saturated rings. The zero-order valence-electron chi connectivity index (χ0n) is 10.1. The maximum absolute atomic E-state index is 13.0. The normalized spacial score (nSPS) is 11.7. The van der Waals surface area contributed by atoms with Crippen LogP contribution in [0.15, 0.2) is 30.9 Å². The Kier molecular flexibility index (Phi) is 4.69. The number of carbonyl (C=O) groups is 1. The minimum Gasteiger partial charge on any atom is -0.374 e. The molecule has 0 aromatic heterocycles. The molecule has 0 bridgehead atoms. The van der Waals surface area contributed by atoms with Gasteiger partial charge in [0.15, 0.2) is 0 Å². The van der Waals surface area contributed by atoms with Crippen molar-refractivity contribution in [2.45, 2.75) is 19.9 Å². The standard InChI is InChI=1S/C13H17FN2O/c1-4-7-15-13(17)10(3)16-12-8-11(14)6-5-9(12)2/h4-6,8,10,16H,1,7H2,2-3H3,(H,15,17). The molecule has 0 heterocycles. The van der Waals surface area contributed by atoms with Crippen molar-refractivity contribution in [3.63, 3.8) is 0 Å². The van der Waals surface area contributed by atoms with Crippen LogP contribution in [0.2, 0.25) is 0 Å². The molecule has 3 nitrogen and oxygen atoms in total. The minimum atomic E-state index is -0.421. The molecule has 1 unspecified atom stereocenters. The lowest BCUT2D eigenvalue weighted by atomic mass is 10.1. The van der Waals surface area contributed by atoms with Gasteiger partial charge in [0.05, 0.1) is 0 Å². The number of hydrogen-bond acceptors (Lipinski definition) is 2. The highest BCUT2D eigenvalue weighted by atomic mass is 19.1. The molecule has 4 heteroatoms. The Bertz CT molecular complexity index is 418. The first-order valence-electron chi connectivity index (χ1n) is 5.46. The van der Waals surface area contributed by atoms with E-state index in [2.05, 4.69) is 17.2 Å². The Morgan fingerprint density at radius 3 is 2.94 bits per heavy atom. The van der Waals surface area contributed by atoms with Crippen molar-refractivity contribution >= 4 is 11.6 Å². The summed E-state index contributed by atoms with van der Waals surface area (Å²) in [7, 11) is 0. The molecule has 0 spiro atoms. The van der Waals surface area contributed by atoms with Crippen LogP contribution >= 0.6 is 0 Å². The van der Waals surface area contributed by atoms with Crippen LogP contribution in [-0.4, -0.2) is 18.5 Å². The Morgan fingerprint density at radius 2 is 2.29 bits per heavy atom. The van der Waals surface area contributed by atoms with Gasteiger partial charge >= 0.3 is 0 Å². The monoisotopic (exact) mass is 236 g/mol. The third kappa shape index (κ3) is 3.90. The number of hydrogen-bond donors (Lipinski definition) is 2. The van der Waals surface area contributed by atoms with Crippen molar-refractivity contribution in [1.29, 1.82) is 0 Å². The Hall–Kier alpha value is -1.84. The predicted octanol–water partition coefficient (Wildman–Crippen LogP) is 2.24. The summed E-state index contributed by atoms with van der Waals surface area (Å²) in [5.41, 5.74) is 1.53. The van der Waals surface area contributed by atoms with Crippen LogP contribution in [0.1, 0.15) is 12.5 Å². The maximum atomic E-state index is 13.0. The van der Waals surface area contributed by atoms with Crippen LogP contribution in [0.4, 0.5) is 10.1 Å². The van der Waals surface area contributed by atoms with Crippen LogP contribution in [0.25, 0.3) is 0 Å². The van der Waals surface area contributed by atoms with E-state index in [1.165, 1.54) is 12.1 Å². The van der Waals surface area contributed by atoms with E-state index in [9.17, 15) is 9.18 Å². The van der Waals surface area contributed by atoms with Gasteiger partial charge in [0.25, 0.3) is 0 Å². The first kappa shape index (κ1) is 13.2. The second-order valence-corrected chi connectivity index (χ2v) is 3.86. The van der Waals surface area contributed by atoms with Gasteiger partial charge in [0.2, 0.25) is 5.91 Å². The second kappa shape index (κ2) is 6.03. The van der Waals surface area contributed by atoms with Gasteiger partial charge in [-0.25, -0.2) is 4.39 Å². The molecule has 17 heavy (non-hydrogen) atoms. The molecule has 1 rings (SSSR count). The Morgan fingerprint density at radius 1 is 1.59 bits per heavy atom. The van der Waals surface area contributed by atoms with E-state index >= 15 is 0 Å². The second-order valence-electron chi connectivity index (χ2n) is 3.86. The summed E-state index contributed by atoms with van der Waals surface area (Å²) in [5.74, 6) is -0.467. The quantitative estimate of drug-likeness (QED) is 0.770. The summed E-state index contributed by atoms with van der Waals surface area (Å²) in [5, 5.41) is 5.65. The molecule has 0 aliphatic carbocycles. The number of amides is 1. The van der Waals surface area contributed by atoms with E-state index < -0.39 is 6.04 Å². The molecule has 0 saturated heterocycles. The summed E-state index contributed by atoms with van der Waals surface area (Å²) in [6.45, 7) is 7.52. The third-order valence-electron chi connectivity index (χ3n) is 2.39. The number of anilines is 1. The predicted molar refractivity (Wildman–Crippen MR) is 67.4 cm³/mol. The topological polar surface area (TPSA) is 41.1 Å². The SMILES string of the molecule is C=CCNC(=O)C(C)Nc1cc(F)ccc1C. The van der Waals surface area contributed by atoms with E-state index in [1.807, 2.05) is 6.92 Å². The molecule has 0 radical (unpaired) electrons. The summed E-state index contributed by atoms with van der Waals surface area (Å²) in [6.07, 6.45) is 1.61. The summed E-state index contributed by atoms with van der Waals surface area (Å²) in [4.78, 5) is 11.6. The summed E-state index contributed by atoms with van der Waals surface area (Å²) in [6, 6.07) is 4.03. The van der Waals surface area contributed by atoms with Gasteiger partial charge in [0.1, 0.15) is 11.9 Å². The van der Waals surface area contributed by atoms with Crippen LogP contribution in [0.5, 0.6) is 0 Å². The molecule has 1 amide bonds. The van der Waals surface area contributed by atoms with Gasteiger partial charge in [-0.3, -0.25) is 4.79 Å². The van der Waals surface area contributed by atoms with Gasteiger partial charge in [0, 0.05) is 12.2 Å². The average Bonchev–Trinajstić information content (AvgIpc) is 2.30. The van der Waals surface area contributed by atoms with Gasteiger partial charge in [-0.15, -0.1) is 6.58 Å². The average molecular weight is 236 g/mol. The van der Waals surface area contributed by atoms with E-state index in [0.717, 1.165) is 5.56 Å². The zero-order valence-corrected chi connectivity index (χ0v) is 10.1. The maximum Gasteiger partial charge on any atom is 0.242 e. The molecular formula is C13H17FN2O. The molecule has 0 saturated carbocycles. The highest BCUT2D eigenvalue weighted by Gasteiger charge is 2.12. The van der Waals surface area contributed by atoms with E-state index in [1.54, 1.807) is 19.1 Å². The van der Waals surface area contributed by atoms with Crippen LogP contribution < -0.4 is 10.6 Å². The highest BCUT2D eigenvalue weighted by Crippen LogP contribution is 2.16. The highest BCUT2D eigenvalue weighted by molar-refractivity contribution is 5.84. The molecule has 92 valence electrons. The number of carbonyl (C=O) groups excluding carboxylic acids is 1. The molecule has 0 aliphatic rings. The lowest BCUT2D eigenvalue weighted by Gasteiger charge is -2.16. The third-order valence-corrected chi connectivity index (χ3v) is 2.39. The Labute approximate surface area is 101 Å². The van der Waals surface area contributed by atoms with Crippen molar-refractivity contribution in [3.05, 3.63) is 42.2 Å². The van der Waals surface area contributed by atoms with Crippen LogP contribution in [-0.2, 0) is 4.79 Å². The molecule has 2 N–H and O–H groups in total. The van der Waals surface area contributed by atoms with Gasteiger partial charge in [-0.1, -0.05) is 12.1 Å². The van der Waals surface area contributed by atoms with E-state index in [4.69, 9.17) is 0 Å². The lowest BCUT2D eigenvalue weighted by Crippen LogP contribution is -2.37. The minimum absolute atomic E-state index is 0.145. The fourth-order valence-corrected chi connectivity index (χ4v) is 1.37. The first-order valence-corrected chi connectivity index (χ1v) is 5.46. The lowest BCUT2D eigenvalue weighted by molar-refractivity contribution is -0.121. The van der Waals surface area contributed by atoms with Gasteiger partial charge in [-0.05, 0) is 31.5 Å². The van der Waals surface area contributed by atoms with Crippen molar-refractivity contribution in [2.75, 3.05) is 11.9 Å². The summed E-state index contributed by atoms with van der Waals surface area (Å²) >= 11 is 0. The van der Waals surface area contributed by atoms with Crippen LogP contribution in [0, 0.1) is 12.7 Å². The van der Waals surface area contributed by atoms with Crippen molar-refractivity contribution in [3.8, 4) is 0 Å². The molecule has 1 atom stereocenters. The van der Waals surface area contributed by atoms with Crippen molar-refractivity contribution < 1.29 is 9.18 Å². The number of halogens is 1. The number of nitrogens with one attached hydrogen (secondary N) is 2. The fourth-order valence-electron chi connectivity index (χ4n) is 1.37. The smallest absolute Gasteiger partial charge is 0.242 e. The van der Waals surface area contributed by atoms with Gasteiger partial charge in [-0.2, -0.15) is 0 Å². The van der Waals surface area contributed by atoms with Gasteiger partial charge < -0.3 is 10.6 Å². The molecule has 0 aliphatic heterocycles. The zero-order chi connectivity index (χ0) is 12.8. The van der Waals surface area contributed by atoms with Crippen molar-refractivity contribution in [1.82, 2.24) is 5.32 Å². The number of benzene rings is 1. The fraction of sp³-hybridized carbons (Fsp3) is 0.308. The molecule has 1 aromatic carbocycles. The first-order chi connectivity index (χ1) is 8.04. The molecular weight excluding hydrogens is 219 g/mol. The number of rotatable bonds is 5.